The molecular weight excluding hydrogens is 218 g/mol. The Hall–Kier alpha value is -0.940. The molecular formula is C12H23N3O2. The summed E-state index contributed by atoms with van der Waals surface area (Å²) >= 11 is 0. The van der Waals surface area contributed by atoms with Crippen molar-refractivity contribution in [3.05, 3.63) is 11.7 Å². The molecule has 0 aliphatic carbocycles. The summed E-state index contributed by atoms with van der Waals surface area (Å²) < 4.78 is 5.23. The molecule has 0 fully saturated rings. The molecule has 98 valence electrons. The average molecular weight is 241 g/mol. The molecule has 5 nitrogen and oxygen atoms in total. The largest absolute Gasteiger partial charge is 0.395 e. The Balaban J connectivity index is 2.63. The zero-order chi connectivity index (χ0) is 12.9. The summed E-state index contributed by atoms with van der Waals surface area (Å²) in [4.78, 5) is 6.50. The maximum absolute atomic E-state index is 8.97. The van der Waals surface area contributed by atoms with Gasteiger partial charge in [0.15, 0.2) is 5.82 Å². The summed E-state index contributed by atoms with van der Waals surface area (Å²) in [7, 11) is 0. The molecule has 0 amide bonds. The lowest BCUT2D eigenvalue weighted by atomic mass is 9.96. The minimum absolute atomic E-state index is 0.0890. The second-order valence-electron chi connectivity index (χ2n) is 5.26. The van der Waals surface area contributed by atoms with E-state index in [-0.39, 0.29) is 12.0 Å². The smallest absolute Gasteiger partial charge is 0.240 e. The number of rotatable bonds is 6. The molecule has 0 atom stereocenters. The van der Waals surface area contributed by atoms with Crippen molar-refractivity contribution >= 4 is 0 Å². The fraction of sp³-hybridized carbons (Fsp3) is 0.833. The number of aromatic nitrogens is 2. The highest BCUT2D eigenvalue weighted by atomic mass is 16.5. The highest BCUT2D eigenvalue weighted by molar-refractivity contribution is 4.99. The van der Waals surface area contributed by atoms with E-state index in [2.05, 4.69) is 42.7 Å². The van der Waals surface area contributed by atoms with Crippen molar-refractivity contribution in [3.8, 4) is 0 Å². The minimum Gasteiger partial charge on any atom is -0.395 e. The van der Waals surface area contributed by atoms with Crippen molar-refractivity contribution in [2.45, 2.75) is 46.1 Å². The van der Waals surface area contributed by atoms with Crippen LogP contribution in [-0.4, -0.2) is 39.8 Å². The van der Waals surface area contributed by atoms with Crippen LogP contribution in [0.5, 0.6) is 0 Å². The molecule has 0 bridgehead atoms. The van der Waals surface area contributed by atoms with Gasteiger partial charge in [-0.1, -0.05) is 32.9 Å². The lowest BCUT2D eigenvalue weighted by molar-refractivity contribution is 0.174. The lowest BCUT2D eigenvalue weighted by Gasteiger charge is -2.17. The van der Waals surface area contributed by atoms with E-state index in [1.807, 2.05) is 0 Å². The SMILES string of the molecule is CCCN(CCO)Cc1nc(C(C)(C)C)no1. The molecule has 1 N–H and O–H groups in total. The molecule has 1 aromatic heterocycles. The Kier molecular flexibility index (Phi) is 5.08. The van der Waals surface area contributed by atoms with E-state index in [4.69, 9.17) is 9.63 Å². The fourth-order valence-corrected chi connectivity index (χ4v) is 1.54. The zero-order valence-corrected chi connectivity index (χ0v) is 11.2. The van der Waals surface area contributed by atoms with Gasteiger partial charge >= 0.3 is 0 Å². The van der Waals surface area contributed by atoms with Crippen LogP contribution < -0.4 is 0 Å². The summed E-state index contributed by atoms with van der Waals surface area (Å²) in [5.74, 6) is 1.35. The predicted molar refractivity (Wildman–Crippen MR) is 65.7 cm³/mol. The van der Waals surface area contributed by atoms with E-state index >= 15 is 0 Å². The molecule has 0 radical (unpaired) electrons. The molecule has 1 aromatic rings. The summed E-state index contributed by atoms with van der Waals surface area (Å²) in [5, 5.41) is 13.0. The fourth-order valence-electron chi connectivity index (χ4n) is 1.54. The van der Waals surface area contributed by atoms with Crippen LogP contribution in [-0.2, 0) is 12.0 Å². The highest BCUT2D eigenvalue weighted by Gasteiger charge is 2.21. The van der Waals surface area contributed by atoms with Gasteiger partial charge in [-0.05, 0) is 13.0 Å². The molecule has 0 unspecified atom stereocenters. The topological polar surface area (TPSA) is 62.4 Å². The first-order valence-electron chi connectivity index (χ1n) is 6.13. The van der Waals surface area contributed by atoms with Gasteiger partial charge in [-0.2, -0.15) is 4.98 Å². The summed E-state index contributed by atoms with van der Waals surface area (Å²) in [6.07, 6.45) is 1.04. The first kappa shape index (κ1) is 14.1. The maximum atomic E-state index is 8.97. The standard InChI is InChI=1S/C12H23N3O2/c1-5-6-15(7-8-16)9-10-13-11(14-17-10)12(2,3)4/h16H,5-9H2,1-4H3. The van der Waals surface area contributed by atoms with Gasteiger partial charge in [-0.3, -0.25) is 4.90 Å². The van der Waals surface area contributed by atoms with Crippen LogP contribution in [0.4, 0.5) is 0 Å². The van der Waals surface area contributed by atoms with Gasteiger partial charge in [0, 0.05) is 12.0 Å². The second kappa shape index (κ2) is 6.12. The van der Waals surface area contributed by atoms with Crippen molar-refractivity contribution < 1.29 is 9.63 Å². The van der Waals surface area contributed by atoms with Gasteiger partial charge in [0.1, 0.15) is 0 Å². The van der Waals surface area contributed by atoms with Crippen LogP contribution in [0.25, 0.3) is 0 Å². The van der Waals surface area contributed by atoms with Crippen molar-refractivity contribution in [1.82, 2.24) is 15.0 Å². The van der Waals surface area contributed by atoms with Gasteiger partial charge in [0.05, 0.1) is 13.2 Å². The average Bonchev–Trinajstić information content (AvgIpc) is 2.66. The lowest BCUT2D eigenvalue weighted by Crippen LogP contribution is -2.27. The first-order valence-corrected chi connectivity index (χ1v) is 6.13. The summed E-state index contributed by atoms with van der Waals surface area (Å²) in [6, 6.07) is 0. The van der Waals surface area contributed by atoms with Gasteiger partial charge < -0.3 is 9.63 Å². The molecule has 0 aliphatic heterocycles. The van der Waals surface area contributed by atoms with Crippen molar-refractivity contribution in [2.75, 3.05) is 19.7 Å². The number of hydrogen-bond acceptors (Lipinski definition) is 5. The Morgan fingerprint density at radius 3 is 2.47 bits per heavy atom. The van der Waals surface area contributed by atoms with Crippen LogP contribution in [0.3, 0.4) is 0 Å². The molecule has 17 heavy (non-hydrogen) atoms. The third-order valence-corrected chi connectivity index (χ3v) is 2.45. The molecule has 0 saturated carbocycles. The van der Waals surface area contributed by atoms with E-state index in [1.165, 1.54) is 0 Å². The Morgan fingerprint density at radius 2 is 2.00 bits per heavy atom. The second-order valence-corrected chi connectivity index (χ2v) is 5.26. The Bertz CT molecular complexity index is 325. The normalized spacial score (nSPS) is 12.4. The van der Waals surface area contributed by atoms with Gasteiger partial charge in [0.2, 0.25) is 5.89 Å². The summed E-state index contributed by atoms with van der Waals surface area (Å²) in [5.41, 5.74) is -0.0890. The molecule has 1 rings (SSSR count). The van der Waals surface area contributed by atoms with Gasteiger partial charge in [-0.15, -0.1) is 0 Å². The Labute approximate surface area is 103 Å². The molecule has 0 aromatic carbocycles. The van der Waals surface area contributed by atoms with Crippen molar-refractivity contribution in [3.63, 3.8) is 0 Å². The first-order chi connectivity index (χ1) is 7.97. The maximum Gasteiger partial charge on any atom is 0.240 e. The molecule has 5 heteroatoms. The number of aliphatic hydroxyl groups is 1. The summed E-state index contributed by atoms with van der Waals surface area (Å²) in [6.45, 7) is 10.6. The quantitative estimate of drug-likeness (QED) is 0.819. The van der Waals surface area contributed by atoms with Crippen molar-refractivity contribution in [2.24, 2.45) is 0 Å². The van der Waals surface area contributed by atoms with Crippen LogP contribution >= 0.6 is 0 Å². The van der Waals surface area contributed by atoms with Crippen LogP contribution in [0.2, 0.25) is 0 Å². The number of hydrogen-bond donors (Lipinski definition) is 1. The van der Waals surface area contributed by atoms with Crippen molar-refractivity contribution in [1.29, 1.82) is 0 Å². The molecule has 0 saturated heterocycles. The zero-order valence-electron chi connectivity index (χ0n) is 11.2. The van der Waals surface area contributed by atoms with Crippen LogP contribution in [0, 0.1) is 0 Å². The van der Waals surface area contributed by atoms with Crippen LogP contribution in [0.1, 0.15) is 45.8 Å². The highest BCUT2D eigenvalue weighted by Crippen LogP contribution is 2.18. The Morgan fingerprint density at radius 1 is 1.29 bits per heavy atom. The monoisotopic (exact) mass is 241 g/mol. The number of aliphatic hydroxyl groups excluding tert-OH is 1. The molecule has 0 aliphatic rings. The van der Waals surface area contributed by atoms with Gasteiger partial charge in [0.25, 0.3) is 0 Å². The van der Waals surface area contributed by atoms with Crippen LogP contribution in [0.15, 0.2) is 4.52 Å². The van der Waals surface area contributed by atoms with E-state index in [1.54, 1.807) is 0 Å². The number of nitrogens with zero attached hydrogens (tertiary/aromatic N) is 3. The minimum atomic E-state index is -0.0890. The predicted octanol–water partition coefficient (Wildman–Crippen LogP) is 1.57. The van der Waals surface area contributed by atoms with E-state index < -0.39 is 0 Å². The van der Waals surface area contributed by atoms with E-state index in [0.29, 0.717) is 19.0 Å². The van der Waals surface area contributed by atoms with E-state index in [9.17, 15) is 0 Å². The third kappa shape index (κ3) is 4.44. The molecule has 0 spiro atoms. The molecule has 1 heterocycles. The van der Waals surface area contributed by atoms with Gasteiger partial charge in [-0.25, -0.2) is 0 Å². The third-order valence-electron chi connectivity index (χ3n) is 2.45. The van der Waals surface area contributed by atoms with E-state index in [0.717, 1.165) is 18.8 Å².